The molecule has 0 radical (unpaired) electrons. The van der Waals surface area contributed by atoms with Gasteiger partial charge in [0.1, 0.15) is 0 Å². The first kappa shape index (κ1) is 14.0. The first-order valence-corrected chi connectivity index (χ1v) is 5.91. The molecule has 98 valence electrons. The minimum atomic E-state index is -0.991. The Balaban J connectivity index is 2.47. The molecule has 0 aromatic rings. The van der Waals surface area contributed by atoms with Gasteiger partial charge >= 0.3 is 5.97 Å². The lowest BCUT2D eigenvalue weighted by Crippen LogP contribution is -2.43. The number of likely N-dealkylation sites (tertiary alicyclic amines) is 1. The van der Waals surface area contributed by atoms with Crippen molar-refractivity contribution >= 4 is 11.9 Å². The van der Waals surface area contributed by atoms with Crippen molar-refractivity contribution in [3.05, 3.63) is 0 Å². The highest BCUT2D eigenvalue weighted by Crippen LogP contribution is 2.23. The normalized spacial score (nSPS) is 18.2. The van der Waals surface area contributed by atoms with E-state index >= 15 is 0 Å². The molecule has 0 unspecified atom stereocenters. The van der Waals surface area contributed by atoms with E-state index in [1.807, 2.05) is 0 Å². The van der Waals surface area contributed by atoms with E-state index in [0.717, 1.165) is 12.8 Å². The molecule has 1 amide bonds. The number of carbonyl (C=O) groups excluding carboxylic acids is 1. The number of nitrogens with zero attached hydrogens (tertiary/aromatic N) is 1. The van der Waals surface area contributed by atoms with Crippen LogP contribution in [0.25, 0.3) is 0 Å². The fraction of sp³-hybridized carbons (Fsp3) is 0.833. The van der Waals surface area contributed by atoms with Crippen LogP contribution in [0.4, 0.5) is 0 Å². The summed E-state index contributed by atoms with van der Waals surface area (Å²) in [7, 11) is 1.68. The highest BCUT2D eigenvalue weighted by molar-refractivity contribution is 5.84. The molecule has 1 rings (SSSR count). The Hall–Kier alpha value is -1.10. The lowest BCUT2D eigenvalue weighted by Gasteiger charge is -2.32. The molecular formula is C12H21NO4. The maximum absolute atomic E-state index is 11.9. The number of amides is 1. The Morgan fingerprint density at radius 3 is 2.29 bits per heavy atom. The molecule has 1 N–H and O–H groups in total. The maximum atomic E-state index is 11.9. The van der Waals surface area contributed by atoms with Crippen LogP contribution >= 0.6 is 0 Å². The molecule has 0 atom stereocenters. The Labute approximate surface area is 102 Å². The molecule has 1 saturated heterocycles. The van der Waals surface area contributed by atoms with Gasteiger partial charge in [-0.2, -0.15) is 0 Å². The van der Waals surface area contributed by atoms with E-state index in [1.165, 1.54) is 0 Å². The van der Waals surface area contributed by atoms with E-state index in [4.69, 9.17) is 9.84 Å². The molecule has 0 saturated carbocycles. The number of aliphatic carboxylic acids is 1. The van der Waals surface area contributed by atoms with Crippen LogP contribution in [0.15, 0.2) is 0 Å². The molecule has 1 heterocycles. The largest absolute Gasteiger partial charge is 0.481 e. The van der Waals surface area contributed by atoms with Gasteiger partial charge in [-0.05, 0) is 26.7 Å². The number of hydrogen-bond donors (Lipinski definition) is 1. The van der Waals surface area contributed by atoms with Crippen molar-refractivity contribution in [2.45, 2.75) is 39.2 Å². The average molecular weight is 243 g/mol. The number of carbonyl (C=O) groups is 2. The summed E-state index contributed by atoms with van der Waals surface area (Å²) in [6, 6.07) is 0. The van der Waals surface area contributed by atoms with Crippen LogP contribution in [-0.2, 0) is 14.3 Å². The lowest BCUT2D eigenvalue weighted by atomic mass is 9.88. The van der Waals surface area contributed by atoms with E-state index in [0.29, 0.717) is 13.1 Å². The summed E-state index contributed by atoms with van der Waals surface area (Å²) in [4.78, 5) is 24.6. The number of ether oxygens (including phenoxy) is 1. The van der Waals surface area contributed by atoms with Crippen molar-refractivity contribution in [2.75, 3.05) is 20.2 Å². The van der Waals surface area contributed by atoms with Crippen LogP contribution in [0, 0.1) is 5.41 Å². The number of methoxy groups -OCH3 is 1. The molecule has 1 fully saturated rings. The summed E-state index contributed by atoms with van der Waals surface area (Å²) in [6.45, 7) is 4.48. The van der Waals surface area contributed by atoms with Crippen LogP contribution in [-0.4, -0.2) is 48.2 Å². The zero-order valence-corrected chi connectivity index (χ0v) is 10.7. The maximum Gasteiger partial charge on any atom is 0.309 e. The van der Waals surface area contributed by atoms with E-state index in [-0.39, 0.29) is 18.4 Å². The summed E-state index contributed by atoms with van der Waals surface area (Å²) in [5.74, 6) is -1.01. The molecule has 5 nitrogen and oxygen atoms in total. The summed E-state index contributed by atoms with van der Waals surface area (Å²) < 4.78 is 5.23. The molecule has 1 aliphatic rings. The minimum Gasteiger partial charge on any atom is -0.481 e. The molecule has 0 aliphatic carbocycles. The SMILES string of the molecule is COC1CCN(C(=O)CC(C)(C)C(=O)O)CC1. The van der Waals surface area contributed by atoms with Gasteiger partial charge in [-0.3, -0.25) is 9.59 Å². The van der Waals surface area contributed by atoms with Gasteiger partial charge in [0.15, 0.2) is 0 Å². The molecule has 5 heteroatoms. The number of carboxylic acid groups (broad SMARTS) is 1. The summed E-state index contributed by atoms with van der Waals surface area (Å²) in [5, 5.41) is 8.98. The second kappa shape index (κ2) is 5.49. The van der Waals surface area contributed by atoms with Crippen molar-refractivity contribution in [3.8, 4) is 0 Å². The predicted octanol–water partition coefficient (Wildman–Crippen LogP) is 1.12. The van der Waals surface area contributed by atoms with Crippen molar-refractivity contribution in [1.29, 1.82) is 0 Å². The Bertz CT molecular complexity index is 293. The topological polar surface area (TPSA) is 66.8 Å². The number of hydrogen-bond acceptors (Lipinski definition) is 3. The zero-order valence-electron chi connectivity index (χ0n) is 10.7. The highest BCUT2D eigenvalue weighted by atomic mass is 16.5. The first-order valence-electron chi connectivity index (χ1n) is 5.91. The van der Waals surface area contributed by atoms with E-state index in [1.54, 1.807) is 25.9 Å². The molecule has 17 heavy (non-hydrogen) atoms. The van der Waals surface area contributed by atoms with Crippen molar-refractivity contribution < 1.29 is 19.4 Å². The summed E-state index contributed by atoms with van der Waals surface area (Å²) >= 11 is 0. The summed E-state index contributed by atoms with van der Waals surface area (Å²) in [6.07, 6.45) is 1.94. The second-order valence-corrected chi connectivity index (χ2v) is 5.18. The molecule has 0 bridgehead atoms. The quantitative estimate of drug-likeness (QED) is 0.803. The number of piperidine rings is 1. The van der Waals surface area contributed by atoms with Crippen molar-refractivity contribution in [1.82, 2.24) is 4.90 Å². The standard InChI is InChI=1S/C12H21NO4/c1-12(2,11(15)16)8-10(14)13-6-4-9(17-3)5-7-13/h9H,4-8H2,1-3H3,(H,15,16). The lowest BCUT2D eigenvalue weighted by molar-refractivity contribution is -0.152. The van der Waals surface area contributed by atoms with Crippen molar-refractivity contribution in [3.63, 3.8) is 0 Å². The van der Waals surface area contributed by atoms with E-state index in [2.05, 4.69) is 0 Å². The number of carboxylic acids is 1. The monoisotopic (exact) mass is 243 g/mol. The Kier molecular flexibility index (Phi) is 4.51. The van der Waals surface area contributed by atoms with Crippen molar-refractivity contribution in [2.24, 2.45) is 5.41 Å². The van der Waals surface area contributed by atoms with Gasteiger partial charge < -0.3 is 14.7 Å². The summed E-state index contributed by atoms with van der Waals surface area (Å²) in [5.41, 5.74) is -0.991. The van der Waals surface area contributed by atoms with Gasteiger partial charge in [-0.15, -0.1) is 0 Å². The smallest absolute Gasteiger partial charge is 0.309 e. The van der Waals surface area contributed by atoms with Crippen LogP contribution in [0.1, 0.15) is 33.1 Å². The van der Waals surface area contributed by atoms with Crippen LogP contribution < -0.4 is 0 Å². The third-order valence-electron chi connectivity index (χ3n) is 3.30. The number of rotatable bonds is 4. The van der Waals surface area contributed by atoms with Gasteiger partial charge in [0.05, 0.1) is 11.5 Å². The van der Waals surface area contributed by atoms with Gasteiger partial charge in [-0.25, -0.2) is 0 Å². The molecule has 1 aliphatic heterocycles. The van der Waals surface area contributed by atoms with E-state index < -0.39 is 11.4 Å². The van der Waals surface area contributed by atoms with Crippen LogP contribution in [0.2, 0.25) is 0 Å². The molecular weight excluding hydrogens is 222 g/mol. The van der Waals surface area contributed by atoms with Crippen LogP contribution in [0.3, 0.4) is 0 Å². The fourth-order valence-corrected chi connectivity index (χ4v) is 1.91. The molecule has 0 spiro atoms. The average Bonchev–Trinajstić information content (AvgIpc) is 2.28. The van der Waals surface area contributed by atoms with Gasteiger partial charge in [-0.1, -0.05) is 0 Å². The first-order chi connectivity index (χ1) is 7.86. The highest BCUT2D eigenvalue weighted by Gasteiger charge is 2.33. The zero-order chi connectivity index (χ0) is 13.1. The Morgan fingerprint density at radius 1 is 1.35 bits per heavy atom. The Morgan fingerprint density at radius 2 is 1.88 bits per heavy atom. The van der Waals surface area contributed by atoms with Crippen LogP contribution in [0.5, 0.6) is 0 Å². The van der Waals surface area contributed by atoms with Gasteiger partial charge in [0.2, 0.25) is 5.91 Å². The second-order valence-electron chi connectivity index (χ2n) is 5.18. The van der Waals surface area contributed by atoms with Gasteiger partial charge in [0.25, 0.3) is 0 Å². The predicted molar refractivity (Wildman–Crippen MR) is 62.6 cm³/mol. The molecule has 0 aromatic carbocycles. The third kappa shape index (κ3) is 3.70. The minimum absolute atomic E-state index is 0.0555. The fourth-order valence-electron chi connectivity index (χ4n) is 1.91. The van der Waals surface area contributed by atoms with E-state index in [9.17, 15) is 9.59 Å². The molecule has 0 aromatic heterocycles. The van der Waals surface area contributed by atoms with Gasteiger partial charge in [0, 0.05) is 26.6 Å². The third-order valence-corrected chi connectivity index (χ3v) is 3.30.